The van der Waals surface area contributed by atoms with Gasteiger partial charge in [-0.25, -0.2) is 13.1 Å². The second-order valence-electron chi connectivity index (χ2n) is 5.55. The molecule has 1 aliphatic rings. The molecule has 8 heteroatoms. The van der Waals surface area contributed by atoms with Gasteiger partial charge in [-0.15, -0.1) is 0 Å². The van der Waals surface area contributed by atoms with Crippen LogP contribution in [0.2, 0.25) is 0 Å². The van der Waals surface area contributed by atoms with Crippen LogP contribution in [0.1, 0.15) is 26.7 Å². The summed E-state index contributed by atoms with van der Waals surface area (Å²) in [6, 6.07) is 6.17. The first-order chi connectivity index (χ1) is 10.8. The number of benzene rings is 1. The Balaban J connectivity index is 1.93. The van der Waals surface area contributed by atoms with Crippen LogP contribution in [0.4, 0.5) is 5.69 Å². The average molecular weight is 339 g/mol. The van der Waals surface area contributed by atoms with Crippen LogP contribution in [0.5, 0.6) is 0 Å². The summed E-state index contributed by atoms with van der Waals surface area (Å²) >= 11 is 0. The normalized spacial score (nSPS) is 14.3. The Bertz CT molecular complexity index is 681. The average Bonchev–Trinajstić information content (AvgIpc) is 3.27. The number of hydrogen-bond acceptors (Lipinski definition) is 4. The van der Waals surface area contributed by atoms with Gasteiger partial charge >= 0.3 is 0 Å². The molecule has 0 heterocycles. The molecule has 0 spiro atoms. The van der Waals surface area contributed by atoms with Gasteiger partial charge in [0.1, 0.15) is 0 Å². The fourth-order valence-corrected chi connectivity index (χ4v) is 3.31. The summed E-state index contributed by atoms with van der Waals surface area (Å²) in [5, 5.41) is 2.58. The summed E-state index contributed by atoms with van der Waals surface area (Å²) in [7, 11) is -3.63. The molecular weight excluding hydrogens is 318 g/mol. The van der Waals surface area contributed by atoms with Gasteiger partial charge in [0, 0.05) is 38.7 Å². The topological polar surface area (TPSA) is 95.6 Å². The Morgan fingerprint density at radius 3 is 2.26 bits per heavy atom. The maximum Gasteiger partial charge on any atom is 0.240 e. The number of hydrogen-bond donors (Lipinski definition) is 2. The number of nitrogens with zero attached hydrogens (tertiary/aromatic N) is 1. The highest BCUT2D eigenvalue weighted by atomic mass is 32.2. The molecular formula is C15H21N3O4S. The van der Waals surface area contributed by atoms with Gasteiger partial charge in [0.2, 0.25) is 21.8 Å². The minimum atomic E-state index is -3.63. The highest BCUT2D eigenvalue weighted by Gasteiger charge is 2.30. The van der Waals surface area contributed by atoms with E-state index in [-0.39, 0.29) is 29.3 Å². The summed E-state index contributed by atoms with van der Waals surface area (Å²) < 4.78 is 26.9. The predicted molar refractivity (Wildman–Crippen MR) is 86.3 cm³/mol. The van der Waals surface area contributed by atoms with Crippen molar-refractivity contribution < 1.29 is 18.0 Å². The molecule has 2 rings (SSSR count). The second kappa shape index (κ2) is 7.10. The van der Waals surface area contributed by atoms with Crippen molar-refractivity contribution in [3.63, 3.8) is 0 Å². The van der Waals surface area contributed by atoms with E-state index in [0.717, 1.165) is 12.8 Å². The molecule has 0 aliphatic heterocycles. The molecule has 7 nitrogen and oxygen atoms in total. The number of rotatable bonds is 7. The summed E-state index contributed by atoms with van der Waals surface area (Å²) in [6.07, 6.45) is 1.97. The lowest BCUT2D eigenvalue weighted by Crippen LogP contribution is -2.38. The quantitative estimate of drug-likeness (QED) is 0.772. The van der Waals surface area contributed by atoms with Crippen molar-refractivity contribution in [2.45, 2.75) is 37.6 Å². The molecule has 2 amide bonds. The molecule has 1 fully saturated rings. The summed E-state index contributed by atoms with van der Waals surface area (Å²) in [5.74, 6) is -0.255. The van der Waals surface area contributed by atoms with Crippen molar-refractivity contribution in [2.75, 3.05) is 18.4 Å². The van der Waals surface area contributed by atoms with Crippen LogP contribution in [0.3, 0.4) is 0 Å². The van der Waals surface area contributed by atoms with E-state index in [1.165, 1.54) is 38.1 Å². The predicted octanol–water partition coefficient (Wildman–Crippen LogP) is 0.934. The summed E-state index contributed by atoms with van der Waals surface area (Å²) in [5.41, 5.74) is 0.535. The number of anilines is 1. The minimum Gasteiger partial charge on any atom is -0.339 e. The lowest BCUT2D eigenvalue weighted by Gasteiger charge is -2.20. The summed E-state index contributed by atoms with van der Waals surface area (Å²) in [4.78, 5) is 24.2. The fourth-order valence-electron chi connectivity index (χ4n) is 2.29. The van der Waals surface area contributed by atoms with E-state index in [0.29, 0.717) is 12.2 Å². The molecule has 2 N–H and O–H groups in total. The number of carbonyl (C=O) groups excluding carboxylic acids is 2. The molecule has 0 saturated heterocycles. The number of nitrogens with one attached hydrogen (secondary N) is 2. The van der Waals surface area contributed by atoms with E-state index < -0.39 is 10.0 Å². The molecule has 0 radical (unpaired) electrons. The zero-order chi connectivity index (χ0) is 17.0. The lowest BCUT2D eigenvalue weighted by molar-refractivity contribution is -0.129. The molecule has 1 aromatic carbocycles. The van der Waals surface area contributed by atoms with Gasteiger partial charge in [0.05, 0.1) is 4.90 Å². The van der Waals surface area contributed by atoms with Gasteiger partial charge in [-0.3, -0.25) is 9.59 Å². The zero-order valence-electron chi connectivity index (χ0n) is 13.2. The number of sulfonamides is 1. The Hall–Kier alpha value is -1.93. The standard InChI is InChI=1S/C15H21N3O4S/c1-11(19)17-13-3-7-15(8-4-13)23(21,22)16-9-10-18(12(2)20)14-5-6-14/h3-4,7-8,14,16H,5-6,9-10H2,1-2H3,(H,17,19). The lowest BCUT2D eigenvalue weighted by atomic mass is 10.3. The third-order valence-corrected chi connectivity index (χ3v) is 5.00. The van der Waals surface area contributed by atoms with Gasteiger partial charge in [0.25, 0.3) is 0 Å². The number of carbonyl (C=O) groups is 2. The van der Waals surface area contributed by atoms with E-state index in [1.807, 2.05) is 0 Å². The summed E-state index contributed by atoms with van der Waals surface area (Å²) in [6.45, 7) is 3.41. The molecule has 1 aliphatic carbocycles. The van der Waals surface area contributed by atoms with Crippen LogP contribution in [-0.2, 0) is 19.6 Å². The van der Waals surface area contributed by atoms with E-state index in [9.17, 15) is 18.0 Å². The Morgan fingerprint density at radius 2 is 1.78 bits per heavy atom. The molecule has 0 atom stereocenters. The monoisotopic (exact) mass is 339 g/mol. The maximum atomic E-state index is 12.2. The van der Waals surface area contributed by atoms with E-state index in [2.05, 4.69) is 10.0 Å². The van der Waals surface area contributed by atoms with Crippen molar-refractivity contribution in [3.05, 3.63) is 24.3 Å². The smallest absolute Gasteiger partial charge is 0.240 e. The molecule has 23 heavy (non-hydrogen) atoms. The van der Waals surface area contributed by atoms with Crippen LogP contribution in [0.25, 0.3) is 0 Å². The van der Waals surface area contributed by atoms with Crippen molar-refractivity contribution >= 4 is 27.5 Å². The highest BCUT2D eigenvalue weighted by molar-refractivity contribution is 7.89. The first-order valence-electron chi connectivity index (χ1n) is 7.44. The van der Waals surface area contributed by atoms with E-state index >= 15 is 0 Å². The van der Waals surface area contributed by atoms with Gasteiger partial charge in [-0.1, -0.05) is 0 Å². The molecule has 0 aromatic heterocycles. The largest absolute Gasteiger partial charge is 0.339 e. The van der Waals surface area contributed by atoms with Crippen molar-refractivity contribution in [3.8, 4) is 0 Å². The Kier molecular flexibility index (Phi) is 5.38. The third kappa shape index (κ3) is 5.04. The Morgan fingerprint density at radius 1 is 1.17 bits per heavy atom. The van der Waals surface area contributed by atoms with Crippen LogP contribution in [0, 0.1) is 0 Å². The van der Waals surface area contributed by atoms with Crippen molar-refractivity contribution in [1.82, 2.24) is 9.62 Å². The van der Waals surface area contributed by atoms with Gasteiger partial charge < -0.3 is 10.2 Å². The van der Waals surface area contributed by atoms with Crippen LogP contribution < -0.4 is 10.0 Å². The number of amides is 2. The van der Waals surface area contributed by atoms with Gasteiger partial charge in [-0.2, -0.15) is 0 Å². The van der Waals surface area contributed by atoms with E-state index in [4.69, 9.17) is 0 Å². The van der Waals surface area contributed by atoms with Crippen molar-refractivity contribution in [2.24, 2.45) is 0 Å². The minimum absolute atomic E-state index is 0.0358. The SMILES string of the molecule is CC(=O)Nc1ccc(S(=O)(=O)NCCN(C(C)=O)C2CC2)cc1. The van der Waals surface area contributed by atoms with Gasteiger partial charge in [0.15, 0.2) is 0 Å². The second-order valence-corrected chi connectivity index (χ2v) is 7.31. The van der Waals surface area contributed by atoms with Crippen molar-refractivity contribution in [1.29, 1.82) is 0 Å². The Labute approximate surface area is 136 Å². The molecule has 0 bridgehead atoms. The fraction of sp³-hybridized carbons (Fsp3) is 0.467. The molecule has 0 unspecified atom stereocenters. The first kappa shape index (κ1) is 17.4. The maximum absolute atomic E-state index is 12.2. The molecule has 1 saturated carbocycles. The van der Waals surface area contributed by atoms with Crippen LogP contribution >= 0.6 is 0 Å². The van der Waals surface area contributed by atoms with Crippen LogP contribution in [0.15, 0.2) is 29.2 Å². The van der Waals surface area contributed by atoms with Gasteiger partial charge in [-0.05, 0) is 37.1 Å². The highest BCUT2D eigenvalue weighted by Crippen LogP contribution is 2.26. The molecule has 1 aromatic rings. The molecule has 126 valence electrons. The zero-order valence-corrected chi connectivity index (χ0v) is 14.0. The van der Waals surface area contributed by atoms with E-state index in [1.54, 1.807) is 4.90 Å². The first-order valence-corrected chi connectivity index (χ1v) is 8.92. The van der Waals surface area contributed by atoms with Crippen LogP contribution in [-0.4, -0.2) is 44.3 Å². The third-order valence-electron chi connectivity index (χ3n) is 3.52.